The summed E-state index contributed by atoms with van der Waals surface area (Å²) in [5.74, 6) is 0.840. The van der Waals surface area contributed by atoms with E-state index in [-0.39, 0.29) is 18.2 Å². The van der Waals surface area contributed by atoms with Gasteiger partial charge in [-0.25, -0.2) is 0 Å². The molecule has 31 heavy (non-hydrogen) atoms. The number of aliphatic imine (C=N–C) groups is 1. The average Bonchev–Trinajstić information content (AvgIpc) is 2.77. The van der Waals surface area contributed by atoms with Gasteiger partial charge in [0, 0.05) is 11.9 Å². The van der Waals surface area contributed by atoms with E-state index in [1.54, 1.807) is 55.6 Å². The Balaban J connectivity index is 1.53. The molecule has 0 heterocycles. The Hall–Kier alpha value is -3.81. The molecule has 160 valence electrons. The normalized spacial score (nSPS) is 11.4. The molecule has 0 radical (unpaired) electrons. The molecule has 0 atom stereocenters. The van der Waals surface area contributed by atoms with E-state index in [0.717, 1.165) is 12.1 Å². The number of hydrogen-bond donors (Lipinski definition) is 1. The predicted molar refractivity (Wildman–Crippen MR) is 112 cm³/mol. The standard InChI is InChI=1S/C23H19F3N2O3/c1-30-20-11-7-18(8-12-20)28-22(29)15-31-21-9-5-16(6-10-21)14-27-19-4-2-3-17(13-19)23(24,25)26/h2-14H,15H2,1H3,(H,28,29). The zero-order chi connectivity index (χ0) is 22.3. The third kappa shape index (κ3) is 6.60. The lowest BCUT2D eigenvalue weighted by Crippen LogP contribution is -2.20. The summed E-state index contributed by atoms with van der Waals surface area (Å²) in [6, 6.07) is 18.3. The van der Waals surface area contributed by atoms with E-state index >= 15 is 0 Å². The van der Waals surface area contributed by atoms with Crippen LogP contribution in [-0.4, -0.2) is 25.8 Å². The predicted octanol–water partition coefficient (Wildman–Crippen LogP) is 5.48. The molecule has 3 rings (SSSR count). The Labute approximate surface area is 177 Å². The van der Waals surface area contributed by atoms with Crippen LogP contribution in [0.4, 0.5) is 24.5 Å². The first-order valence-electron chi connectivity index (χ1n) is 9.21. The summed E-state index contributed by atoms with van der Waals surface area (Å²) in [4.78, 5) is 16.1. The molecule has 8 heteroatoms. The zero-order valence-corrected chi connectivity index (χ0v) is 16.5. The maximum absolute atomic E-state index is 12.8. The number of halogens is 3. The van der Waals surface area contributed by atoms with Gasteiger partial charge in [-0.1, -0.05) is 6.07 Å². The Morgan fingerprint density at radius 2 is 1.68 bits per heavy atom. The number of anilines is 1. The topological polar surface area (TPSA) is 59.9 Å². The first-order chi connectivity index (χ1) is 14.8. The summed E-state index contributed by atoms with van der Waals surface area (Å²) in [5.41, 5.74) is 0.743. The molecule has 3 aromatic rings. The minimum absolute atomic E-state index is 0.177. The highest BCUT2D eigenvalue weighted by Crippen LogP contribution is 2.31. The molecule has 0 aromatic heterocycles. The highest BCUT2D eigenvalue weighted by atomic mass is 19.4. The summed E-state index contributed by atoms with van der Waals surface area (Å²) >= 11 is 0. The molecule has 0 bridgehead atoms. The Morgan fingerprint density at radius 1 is 1.00 bits per heavy atom. The van der Waals surface area contributed by atoms with Crippen LogP contribution < -0.4 is 14.8 Å². The van der Waals surface area contributed by atoms with E-state index in [1.165, 1.54) is 18.3 Å². The molecule has 0 saturated heterocycles. The summed E-state index contributed by atoms with van der Waals surface area (Å²) in [7, 11) is 1.56. The maximum atomic E-state index is 12.8. The van der Waals surface area contributed by atoms with Crippen molar-refractivity contribution < 1.29 is 27.4 Å². The molecule has 0 fully saturated rings. The molecule has 1 amide bonds. The second-order valence-electron chi connectivity index (χ2n) is 6.44. The smallest absolute Gasteiger partial charge is 0.416 e. The van der Waals surface area contributed by atoms with Gasteiger partial charge in [-0.15, -0.1) is 0 Å². The van der Waals surface area contributed by atoms with E-state index in [4.69, 9.17) is 9.47 Å². The fraction of sp³-hybridized carbons (Fsp3) is 0.130. The van der Waals surface area contributed by atoms with E-state index in [1.807, 2.05) is 0 Å². The summed E-state index contributed by atoms with van der Waals surface area (Å²) < 4.78 is 48.8. The molecule has 0 aliphatic carbocycles. The quantitative estimate of drug-likeness (QED) is 0.507. The highest BCUT2D eigenvalue weighted by Gasteiger charge is 2.30. The van der Waals surface area contributed by atoms with Gasteiger partial charge < -0.3 is 14.8 Å². The number of alkyl halides is 3. The largest absolute Gasteiger partial charge is 0.497 e. The van der Waals surface area contributed by atoms with Crippen molar-refractivity contribution in [2.45, 2.75) is 6.18 Å². The number of methoxy groups -OCH3 is 1. The molecule has 0 unspecified atom stereocenters. The van der Waals surface area contributed by atoms with Crippen molar-refractivity contribution in [3.05, 3.63) is 83.9 Å². The molecule has 0 aliphatic heterocycles. The summed E-state index contributed by atoms with van der Waals surface area (Å²) in [6.45, 7) is -0.177. The average molecular weight is 428 g/mol. The maximum Gasteiger partial charge on any atom is 0.416 e. The van der Waals surface area contributed by atoms with Crippen LogP contribution in [0.3, 0.4) is 0 Å². The first kappa shape index (κ1) is 21.9. The van der Waals surface area contributed by atoms with Crippen LogP contribution in [-0.2, 0) is 11.0 Å². The Bertz CT molecular complexity index is 1050. The second kappa shape index (κ2) is 9.80. The molecule has 5 nitrogen and oxygen atoms in total. The number of nitrogens with zero attached hydrogens (tertiary/aromatic N) is 1. The number of amides is 1. The monoisotopic (exact) mass is 428 g/mol. The van der Waals surface area contributed by atoms with Gasteiger partial charge in [0.25, 0.3) is 5.91 Å². The fourth-order valence-corrected chi connectivity index (χ4v) is 2.58. The van der Waals surface area contributed by atoms with Crippen LogP contribution in [0.5, 0.6) is 11.5 Å². The third-order valence-corrected chi connectivity index (χ3v) is 4.16. The van der Waals surface area contributed by atoms with Crippen molar-refractivity contribution in [3.63, 3.8) is 0 Å². The number of carbonyl (C=O) groups excluding carboxylic acids is 1. The van der Waals surface area contributed by atoms with Crippen LogP contribution in [0, 0.1) is 0 Å². The lowest BCUT2D eigenvalue weighted by Gasteiger charge is -2.08. The lowest BCUT2D eigenvalue weighted by molar-refractivity contribution is -0.137. The number of carbonyl (C=O) groups is 1. The van der Waals surface area contributed by atoms with Gasteiger partial charge in [-0.3, -0.25) is 9.79 Å². The highest BCUT2D eigenvalue weighted by molar-refractivity contribution is 5.92. The molecular formula is C23H19F3N2O3. The zero-order valence-electron chi connectivity index (χ0n) is 16.5. The minimum Gasteiger partial charge on any atom is -0.497 e. The van der Waals surface area contributed by atoms with Crippen LogP contribution in [0.2, 0.25) is 0 Å². The molecule has 0 spiro atoms. The van der Waals surface area contributed by atoms with Gasteiger partial charge >= 0.3 is 6.18 Å². The van der Waals surface area contributed by atoms with Gasteiger partial charge in [0.1, 0.15) is 11.5 Å². The first-order valence-corrected chi connectivity index (χ1v) is 9.21. The van der Waals surface area contributed by atoms with Crippen LogP contribution in [0.25, 0.3) is 0 Å². The van der Waals surface area contributed by atoms with E-state index < -0.39 is 11.7 Å². The number of hydrogen-bond acceptors (Lipinski definition) is 4. The summed E-state index contributed by atoms with van der Waals surface area (Å²) in [5, 5.41) is 2.71. The van der Waals surface area contributed by atoms with Gasteiger partial charge in [-0.2, -0.15) is 13.2 Å². The van der Waals surface area contributed by atoms with E-state index in [0.29, 0.717) is 22.7 Å². The second-order valence-corrected chi connectivity index (χ2v) is 6.44. The minimum atomic E-state index is -4.41. The van der Waals surface area contributed by atoms with E-state index in [9.17, 15) is 18.0 Å². The molecule has 3 aromatic carbocycles. The third-order valence-electron chi connectivity index (χ3n) is 4.16. The van der Waals surface area contributed by atoms with Crippen molar-refractivity contribution in [2.24, 2.45) is 4.99 Å². The van der Waals surface area contributed by atoms with Crippen molar-refractivity contribution in [1.29, 1.82) is 0 Å². The summed E-state index contributed by atoms with van der Waals surface area (Å²) in [6.07, 6.45) is -2.96. The number of benzene rings is 3. The van der Waals surface area contributed by atoms with Crippen molar-refractivity contribution >= 4 is 23.5 Å². The number of rotatable bonds is 7. The van der Waals surface area contributed by atoms with Gasteiger partial charge in [0.15, 0.2) is 6.61 Å². The Kier molecular flexibility index (Phi) is 6.92. The van der Waals surface area contributed by atoms with Gasteiger partial charge in [-0.05, 0) is 72.3 Å². The molecule has 0 aliphatic rings. The van der Waals surface area contributed by atoms with Gasteiger partial charge in [0.2, 0.25) is 0 Å². The van der Waals surface area contributed by atoms with Crippen molar-refractivity contribution in [3.8, 4) is 11.5 Å². The van der Waals surface area contributed by atoms with E-state index in [2.05, 4.69) is 10.3 Å². The number of ether oxygens (including phenoxy) is 2. The molecular weight excluding hydrogens is 409 g/mol. The lowest BCUT2D eigenvalue weighted by atomic mass is 10.2. The molecule has 0 saturated carbocycles. The number of nitrogens with one attached hydrogen (secondary N) is 1. The Morgan fingerprint density at radius 3 is 2.32 bits per heavy atom. The van der Waals surface area contributed by atoms with Gasteiger partial charge in [0.05, 0.1) is 18.4 Å². The van der Waals surface area contributed by atoms with Crippen LogP contribution in [0.1, 0.15) is 11.1 Å². The van der Waals surface area contributed by atoms with Crippen molar-refractivity contribution in [2.75, 3.05) is 19.0 Å². The SMILES string of the molecule is COc1ccc(NC(=O)COc2ccc(C=Nc3cccc(C(F)(F)F)c3)cc2)cc1. The van der Waals surface area contributed by atoms with Crippen LogP contribution >= 0.6 is 0 Å². The molecule has 1 N–H and O–H groups in total. The fourth-order valence-electron chi connectivity index (χ4n) is 2.58. The van der Waals surface area contributed by atoms with Crippen LogP contribution in [0.15, 0.2) is 77.8 Å². The van der Waals surface area contributed by atoms with Crippen molar-refractivity contribution in [1.82, 2.24) is 0 Å².